The molecule has 2 atom stereocenters. The van der Waals surface area contributed by atoms with Gasteiger partial charge in [-0.1, -0.05) is 12.8 Å². The van der Waals surface area contributed by atoms with E-state index in [1.165, 1.54) is 51.4 Å². The van der Waals surface area contributed by atoms with Crippen LogP contribution >= 0.6 is 0 Å². The summed E-state index contributed by atoms with van der Waals surface area (Å²) in [5.41, 5.74) is 0. The maximum atomic E-state index is 11.2. The predicted molar refractivity (Wildman–Crippen MR) is 74.2 cm³/mol. The summed E-state index contributed by atoms with van der Waals surface area (Å²) < 4.78 is 0. The van der Waals surface area contributed by atoms with Crippen LogP contribution in [0.15, 0.2) is 0 Å². The van der Waals surface area contributed by atoms with Crippen LogP contribution in [0.1, 0.15) is 51.4 Å². The highest BCUT2D eigenvalue weighted by Gasteiger charge is 2.42. The first-order chi connectivity index (χ1) is 9.15. The Kier molecular flexibility index (Phi) is 3.81. The Labute approximate surface area is 115 Å². The Bertz CT molecular complexity index is 327. The monoisotopic (exact) mass is 266 g/mol. The summed E-state index contributed by atoms with van der Waals surface area (Å²) >= 11 is 0. The molecule has 2 unspecified atom stereocenters. The molecule has 0 radical (unpaired) electrons. The van der Waals surface area contributed by atoms with Crippen LogP contribution in [0.3, 0.4) is 0 Å². The topological polar surface area (TPSA) is 43.8 Å². The Balaban J connectivity index is 1.70. The first kappa shape index (κ1) is 13.4. The van der Waals surface area contributed by atoms with Gasteiger partial charge < -0.3 is 10.0 Å². The highest BCUT2D eigenvalue weighted by molar-refractivity contribution is 5.69. The molecule has 4 nitrogen and oxygen atoms in total. The third-order valence-corrected chi connectivity index (χ3v) is 5.65. The van der Waals surface area contributed by atoms with Crippen molar-refractivity contribution < 1.29 is 9.90 Å². The summed E-state index contributed by atoms with van der Waals surface area (Å²) in [7, 11) is 2.25. The zero-order valence-corrected chi connectivity index (χ0v) is 11.9. The van der Waals surface area contributed by atoms with E-state index in [9.17, 15) is 9.90 Å². The Morgan fingerprint density at radius 2 is 1.68 bits per heavy atom. The number of nitrogens with zero attached hydrogens (tertiary/aromatic N) is 2. The largest absolute Gasteiger partial charge is 0.480 e. The summed E-state index contributed by atoms with van der Waals surface area (Å²) in [6.07, 6.45) is 9.94. The van der Waals surface area contributed by atoms with Gasteiger partial charge in [-0.3, -0.25) is 9.69 Å². The van der Waals surface area contributed by atoms with Crippen LogP contribution in [0.4, 0.5) is 0 Å². The lowest BCUT2D eigenvalue weighted by Crippen LogP contribution is -2.52. The molecule has 0 aromatic carbocycles. The van der Waals surface area contributed by atoms with Crippen LogP contribution in [0.2, 0.25) is 0 Å². The number of carboxylic acids is 1. The van der Waals surface area contributed by atoms with E-state index >= 15 is 0 Å². The quantitative estimate of drug-likeness (QED) is 0.844. The van der Waals surface area contributed by atoms with Gasteiger partial charge in [0.25, 0.3) is 0 Å². The lowest BCUT2D eigenvalue weighted by atomic mass is 9.94. The number of hydrogen-bond acceptors (Lipinski definition) is 3. The van der Waals surface area contributed by atoms with E-state index in [0.717, 1.165) is 0 Å². The van der Waals surface area contributed by atoms with E-state index in [4.69, 9.17) is 0 Å². The second-order valence-corrected chi connectivity index (χ2v) is 6.68. The standard InChI is InChI=1S/C15H26N2O2/c1-16-12-6-7-13(16)9-14(8-12)17(10-15(18)19)11-4-2-3-5-11/h11-14H,2-10H2,1H3,(H,18,19). The van der Waals surface area contributed by atoms with Crippen molar-refractivity contribution >= 4 is 5.97 Å². The van der Waals surface area contributed by atoms with E-state index < -0.39 is 5.97 Å². The maximum Gasteiger partial charge on any atom is 0.317 e. The molecule has 2 saturated heterocycles. The molecule has 108 valence electrons. The van der Waals surface area contributed by atoms with Gasteiger partial charge in [-0.25, -0.2) is 0 Å². The van der Waals surface area contributed by atoms with Crippen molar-refractivity contribution in [2.75, 3.05) is 13.6 Å². The van der Waals surface area contributed by atoms with Crippen molar-refractivity contribution in [3.05, 3.63) is 0 Å². The van der Waals surface area contributed by atoms with Gasteiger partial charge in [-0.2, -0.15) is 0 Å². The van der Waals surface area contributed by atoms with Crippen LogP contribution in [0.25, 0.3) is 0 Å². The third kappa shape index (κ3) is 2.65. The Hall–Kier alpha value is -0.610. The number of piperidine rings is 1. The summed E-state index contributed by atoms with van der Waals surface area (Å²) in [4.78, 5) is 16.1. The van der Waals surface area contributed by atoms with Crippen molar-refractivity contribution in [1.29, 1.82) is 0 Å². The fourth-order valence-electron chi connectivity index (χ4n) is 4.60. The number of carboxylic acid groups (broad SMARTS) is 1. The molecule has 2 heterocycles. The van der Waals surface area contributed by atoms with Gasteiger partial charge in [0.2, 0.25) is 0 Å². The fourth-order valence-corrected chi connectivity index (χ4v) is 4.60. The zero-order chi connectivity index (χ0) is 13.4. The predicted octanol–water partition coefficient (Wildman–Crippen LogP) is 1.94. The van der Waals surface area contributed by atoms with Crippen LogP contribution in [0.5, 0.6) is 0 Å². The Morgan fingerprint density at radius 3 is 2.21 bits per heavy atom. The molecule has 0 spiro atoms. The summed E-state index contributed by atoms with van der Waals surface area (Å²) in [6, 6.07) is 2.43. The average molecular weight is 266 g/mol. The van der Waals surface area contributed by atoms with Crippen LogP contribution in [-0.2, 0) is 4.79 Å². The van der Waals surface area contributed by atoms with Crippen molar-refractivity contribution in [2.24, 2.45) is 0 Å². The molecule has 0 aromatic rings. The van der Waals surface area contributed by atoms with Crippen molar-refractivity contribution in [3.63, 3.8) is 0 Å². The normalized spacial score (nSPS) is 36.2. The van der Waals surface area contributed by atoms with Gasteiger partial charge in [0.15, 0.2) is 0 Å². The number of hydrogen-bond donors (Lipinski definition) is 1. The minimum absolute atomic E-state index is 0.248. The number of rotatable bonds is 4. The number of aliphatic carboxylic acids is 1. The molecule has 3 rings (SSSR count). The van der Waals surface area contributed by atoms with Crippen molar-refractivity contribution in [2.45, 2.75) is 75.5 Å². The highest BCUT2D eigenvalue weighted by Crippen LogP contribution is 2.38. The van der Waals surface area contributed by atoms with E-state index in [-0.39, 0.29) is 6.54 Å². The van der Waals surface area contributed by atoms with Crippen LogP contribution in [0, 0.1) is 0 Å². The molecule has 0 amide bonds. The highest BCUT2D eigenvalue weighted by atomic mass is 16.4. The molecule has 3 fully saturated rings. The summed E-state index contributed by atoms with van der Waals surface area (Å²) in [6.45, 7) is 0.248. The third-order valence-electron chi connectivity index (χ3n) is 5.65. The van der Waals surface area contributed by atoms with Gasteiger partial charge in [-0.05, 0) is 45.6 Å². The van der Waals surface area contributed by atoms with Gasteiger partial charge in [0.05, 0.1) is 6.54 Å². The second kappa shape index (κ2) is 5.41. The lowest BCUT2D eigenvalue weighted by Gasteiger charge is -2.43. The van der Waals surface area contributed by atoms with E-state index in [1.807, 2.05) is 0 Å². The van der Waals surface area contributed by atoms with Gasteiger partial charge in [0, 0.05) is 24.2 Å². The SMILES string of the molecule is CN1C2CCC1CC(N(CC(=O)O)C1CCCC1)C2. The van der Waals surface area contributed by atoms with E-state index in [1.54, 1.807) is 0 Å². The first-order valence-corrected chi connectivity index (χ1v) is 7.84. The molecule has 1 N–H and O–H groups in total. The Morgan fingerprint density at radius 1 is 1.11 bits per heavy atom. The molecule has 2 aliphatic heterocycles. The van der Waals surface area contributed by atoms with Crippen LogP contribution < -0.4 is 0 Å². The molecule has 1 saturated carbocycles. The maximum absolute atomic E-state index is 11.2. The molecule has 3 aliphatic rings. The molecule has 0 aromatic heterocycles. The van der Waals surface area contributed by atoms with E-state index in [2.05, 4.69) is 16.8 Å². The van der Waals surface area contributed by atoms with Crippen LogP contribution in [-0.4, -0.2) is 58.6 Å². The van der Waals surface area contributed by atoms with Crippen molar-refractivity contribution in [3.8, 4) is 0 Å². The molecule has 1 aliphatic carbocycles. The fraction of sp³-hybridized carbons (Fsp3) is 0.933. The molecule has 19 heavy (non-hydrogen) atoms. The molecular formula is C15H26N2O2. The average Bonchev–Trinajstić information content (AvgIpc) is 2.93. The van der Waals surface area contributed by atoms with E-state index in [0.29, 0.717) is 24.2 Å². The van der Waals surface area contributed by atoms with Crippen molar-refractivity contribution in [1.82, 2.24) is 9.80 Å². The summed E-state index contributed by atoms with van der Waals surface area (Å²) in [5, 5.41) is 9.22. The zero-order valence-electron chi connectivity index (χ0n) is 11.9. The van der Waals surface area contributed by atoms with Gasteiger partial charge in [0.1, 0.15) is 0 Å². The number of fused-ring (bicyclic) bond motifs is 2. The first-order valence-electron chi connectivity index (χ1n) is 7.84. The molecule has 2 bridgehead atoms. The van der Waals surface area contributed by atoms with Gasteiger partial charge >= 0.3 is 5.97 Å². The minimum atomic E-state index is -0.654. The summed E-state index contributed by atoms with van der Waals surface area (Å²) in [5.74, 6) is -0.654. The number of carbonyl (C=O) groups is 1. The minimum Gasteiger partial charge on any atom is -0.480 e. The van der Waals surface area contributed by atoms with Gasteiger partial charge in [-0.15, -0.1) is 0 Å². The lowest BCUT2D eigenvalue weighted by molar-refractivity contribution is -0.140. The molecule has 4 heteroatoms. The smallest absolute Gasteiger partial charge is 0.317 e. The second-order valence-electron chi connectivity index (χ2n) is 6.68. The molecular weight excluding hydrogens is 240 g/mol.